The molecule has 2 heterocycles. The van der Waals surface area contributed by atoms with Crippen molar-refractivity contribution < 1.29 is 28.0 Å². The maximum Gasteiger partial charge on any atom is 0.356 e. The van der Waals surface area contributed by atoms with Crippen molar-refractivity contribution in [2.75, 3.05) is 6.61 Å². The molecule has 1 saturated heterocycles. The van der Waals surface area contributed by atoms with Crippen molar-refractivity contribution in [1.82, 2.24) is 4.90 Å². The topological polar surface area (TPSA) is 82.1 Å². The molecule has 0 N–H and O–H groups in total. The van der Waals surface area contributed by atoms with E-state index < -0.39 is 47.6 Å². The van der Waals surface area contributed by atoms with Crippen LogP contribution in [0.25, 0.3) is 0 Å². The van der Waals surface area contributed by atoms with Gasteiger partial charge in [-0.25, -0.2) is 4.79 Å². The van der Waals surface area contributed by atoms with Crippen LogP contribution >= 0.6 is 18.2 Å². The Hall–Kier alpha value is -3.64. The highest BCUT2D eigenvalue weighted by atomic mass is 32.1. The Bertz CT molecular complexity index is 2030. The lowest BCUT2D eigenvalue weighted by Gasteiger charge is -2.53. The number of likely N-dealkylation sites (tertiary alicyclic amines) is 1. The molecule has 11 heteroatoms. The molecule has 1 aromatic heterocycles. The molecule has 0 spiro atoms. The normalized spacial score (nSPS) is 17.0. The Morgan fingerprint density at radius 1 is 0.793 bits per heavy atom. The zero-order valence-corrected chi connectivity index (χ0v) is 39.9. The second-order valence-electron chi connectivity index (χ2n) is 18.2. The first-order valence-corrected chi connectivity index (χ1v) is 28.6. The van der Waals surface area contributed by atoms with Gasteiger partial charge in [0.05, 0.1) is 29.5 Å². The summed E-state index contributed by atoms with van der Waals surface area (Å²) in [5.74, 6) is -1.65. The van der Waals surface area contributed by atoms with Crippen LogP contribution in [-0.4, -0.2) is 63.4 Å². The van der Waals surface area contributed by atoms with Gasteiger partial charge < -0.3 is 18.5 Å². The molecular formula is C47H62NO6PSSi2. The van der Waals surface area contributed by atoms with Crippen molar-refractivity contribution in [2.24, 2.45) is 5.92 Å². The molecule has 0 aliphatic carbocycles. The molecule has 58 heavy (non-hydrogen) atoms. The highest BCUT2D eigenvalue weighted by Crippen LogP contribution is 2.51. The quantitative estimate of drug-likeness (QED) is 0.0279. The number of carbonyl (C=O) groups is 3. The smallest absolute Gasteiger partial charge is 0.356 e. The average Bonchev–Trinajstić information content (AvgIpc) is 3.65. The van der Waals surface area contributed by atoms with Gasteiger partial charge >= 0.3 is 5.97 Å². The number of ether oxygens (including phenoxy) is 1. The number of nitrogens with zero attached hydrogens (tertiary/aromatic N) is 1. The number of β-lactam (4-membered cyclic amide) rings is 1. The van der Waals surface area contributed by atoms with Gasteiger partial charge in [0.15, 0.2) is 22.4 Å². The predicted octanol–water partition coefficient (Wildman–Crippen LogP) is 9.93. The van der Waals surface area contributed by atoms with Crippen LogP contribution in [0.5, 0.6) is 0 Å². The Morgan fingerprint density at radius 3 is 1.72 bits per heavy atom. The standard InChI is InChI=1S/C47H62NO6PSSi2/c1-13-31-52-45(51)44(55(35-23-17-14-18-24-35,36-25-19-15-20-26-36)37-27-21-16-22-28-37)48-39(42(43(48)50)34(2)54-58(11,12)47(6,7)8)32-40(49)41-30-29-38(56-41)33-53-57(9,10)46(3,4)5/h13-30,34,39,42H,1,31-33H2,2-12H3/t34-,39+,42+/m0/s1. The van der Waals surface area contributed by atoms with Crippen molar-refractivity contribution in [3.05, 3.63) is 126 Å². The SMILES string of the molecule is C=CCOC(=O)C(N1C(=O)[C@H]([C@H](C)O[Si](C)(C)C(C)(C)C)[C@H]1CC(=O)c1ccc(CO[Si](C)(C)C(C)(C)C)s1)=P(c1ccccc1)(c1ccccc1)c1ccccc1. The van der Waals surface area contributed by atoms with Gasteiger partial charge in [0, 0.05) is 18.2 Å². The molecule has 1 aliphatic heterocycles. The lowest BCUT2D eigenvalue weighted by atomic mass is 9.80. The maximum absolute atomic E-state index is 15.2. The van der Waals surface area contributed by atoms with Crippen molar-refractivity contribution in [1.29, 1.82) is 0 Å². The molecule has 7 nitrogen and oxygen atoms in total. The van der Waals surface area contributed by atoms with Crippen LogP contribution in [0.4, 0.5) is 0 Å². The van der Waals surface area contributed by atoms with Crippen LogP contribution in [-0.2, 0) is 29.8 Å². The third-order valence-electron chi connectivity index (χ3n) is 12.3. The number of esters is 1. The van der Waals surface area contributed by atoms with E-state index in [0.717, 1.165) is 20.8 Å². The number of benzene rings is 3. The number of hydrogen-bond acceptors (Lipinski definition) is 7. The van der Waals surface area contributed by atoms with Crippen molar-refractivity contribution in [3.63, 3.8) is 0 Å². The molecule has 5 rings (SSSR count). The van der Waals surface area contributed by atoms with E-state index in [1.807, 2.05) is 110 Å². The fourth-order valence-electron chi connectivity index (χ4n) is 7.00. The minimum Gasteiger partial charge on any atom is -0.457 e. The highest BCUT2D eigenvalue weighted by Gasteiger charge is 2.57. The second kappa shape index (κ2) is 17.9. The van der Waals surface area contributed by atoms with Crippen LogP contribution in [0.2, 0.25) is 36.3 Å². The van der Waals surface area contributed by atoms with Gasteiger partial charge in [-0.1, -0.05) is 145 Å². The van der Waals surface area contributed by atoms with Crippen molar-refractivity contribution in [3.8, 4) is 0 Å². The Kier molecular flexibility index (Phi) is 14.0. The largest absolute Gasteiger partial charge is 0.457 e. The lowest BCUT2D eigenvalue weighted by molar-refractivity contribution is -0.156. The van der Waals surface area contributed by atoms with Gasteiger partial charge in [-0.15, -0.1) is 11.3 Å². The zero-order valence-electron chi connectivity index (χ0n) is 36.2. The molecule has 0 radical (unpaired) electrons. The van der Waals surface area contributed by atoms with Crippen LogP contribution < -0.4 is 15.9 Å². The van der Waals surface area contributed by atoms with E-state index in [1.54, 1.807) is 4.90 Å². The van der Waals surface area contributed by atoms with E-state index in [0.29, 0.717) is 11.5 Å². The van der Waals surface area contributed by atoms with E-state index in [1.165, 1.54) is 17.4 Å². The summed E-state index contributed by atoms with van der Waals surface area (Å²) in [5, 5.41) is 2.59. The first-order chi connectivity index (χ1) is 27.2. The summed E-state index contributed by atoms with van der Waals surface area (Å²) in [7, 11) is -4.38. The van der Waals surface area contributed by atoms with Crippen LogP contribution in [0.3, 0.4) is 0 Å². The van der Waals surface area contributed by atoms with E-state index in [9.17, 15) is 4.79 Å². The Morgan fingerprint density at radius 2 is 1.28 bits per heavy atom. The van der Waals surface area contributed by atoms with E-state index in [2.05, 4.69) is 74.3 Å². The number of amides is 1. The number of hydrogen-bond donors (Lipinski definition) is 0. The number of thiophene rings is 1. The molecule has 0 bridgehead atoms. The van der Waals surface area contributed by atoms with Gasteiger partial charge in [0.2, 0.25) is 5.91 Å². The first-order valence-electron chi connectivity index (χ1n) is 20.2. The number of ketones is 1. The molecule has 1 aliphatic rings. The fourth-order valence-corrected chi connectivity index (χ4v) is 14.8. The minimum absolute atomic E-state index is 0.00125. The highest BCUT2D eigenvalue weighted by molar-refractivity contribution is 7.96. The molecular weight excluding hydrogens is 794 g/mol. The van der Waals surface area contributed by atoms with Crippen LogP contribution in [0, 0.1) is 5.92 Å². The van der Waals surface area contributed by atoms with Gasteiger partial charge in [0.1, 0.15) is 12.0 Å². The number of rotatable bonds is 16. The van der Waals surface area contributed by atoms with Crippen molar-refractivity contribution >= 4 is 73.8 Å². The molecule has 1 amide bonds. The van der Waals surface area contributed by atoms with Gasteiger partial charge in [-0.05, 0) is 71.2 Å². The average molecular weight is 856 g/mol. The molecule has 1 fully saturated rings. The molecule has 0 saturated carbocycles. The molecule has 0 unspecified atom stereocenters. The summed E-state index contributed by atoms with van der Waals surface area (Å²) in [6, 6.07) is 32.9. The molecule has 4 aromatic rings. The summed E-state index contributed by atoms with van der Waals surface area (Å²) in [6.45, 7) is 24.9. The van der Waals surface area contributed by atoms with Crippen LogP contribution in [0.15, 0.2) is 116 Å². The summed E-state index contributed by atoms with van der Waals surface area (Å²) >= 11 is 1.43. The van der Waals surface area contributed by atoms with Gasteiger partial charge in [-0.2, -0.15) is 0 Å². The zero-order chi connectivity index (χ0) is 42.7. The Balaban J connectivity index is 1.74. The number of Topliss-reactive ketones (excluding diaryl/α,β-unsaturated/α-hetero) is 1. The van der Waals surface area contributed by atoms with Crippen LogP contribution in [0.1, 0.15) is 69.4 Å². The van der Waals surface area contributed by atoms with E-state index >= 15 is 9.59 Å². The number of carbonyl (C=O) groups excluding carboxylic acids is 3. The van der Waals surface area contributed by atoms with E-state index in [-0.39, 0.29) is 40.2 Å². The molecule has 3 aromatic carbocycles. The lowest BCUT2D eigenvalue weighted by Crippen LogP contribution is -2.69. The summed E-state index contributed by atoms with van der Waals surface area (Å²) in [6.07, 6.45) is 1.02. The molecule has 310 valence electrons. The third kappa shape index (κ3) is 9.23. The van der Waals surface area contributed by atoms with Gasteiger partial charge in [-0.3, -0.25) is 9.59 Å². The monoisotopic (exact) mass is 855 g/mol. The maximum atomic E-state index is 15.2. The summed E-state index contributed by atoms with van der Waals surface area (Å²) in [5.41, 5.74) is 0.242. The second-order valence-corrected chi connectivity index (χ2v) is 32.3. The Labute approximate surface area is 353 Å². The first kappa shape index (κ1) is 45.4. The predicted molar refractivity (Wildman–Crippen MR) is 248 cm³/mol. The summed E-state index contributed by atoms with van der Waals surface area (Å²) in [4.78, 5) is 48.0. The van der Waals surface area contributed by atoms with Gasteiger partial charge in [0.25, 0.3) is 0 Å². The van der Waals surface area contributed by atoms with Crippen molar-refractivity contribution in [2.45, 2.75) is 110 Å². The fraction of sp³-hybridized carbons (Fsp3) is 0.404. The minimum atomic E-state index is -3.17. The summed E-state index contributed by atoms with van der Waals surface area (Å²) < 4.78 is 19.4. The van der Waals surface area contributed by atoms with E-state index in [4.69, 9.17) is 13.6 Å². The molecule has 3 atom stereocenters. The third-order valence-corrected chi connectivity index (χ3v) is 26.7.